The number of carbonyl (C=O) groups excluding carboxylic acids is 2. The first-order chi connectivity index (χ1) is 14.1. The van der Waals surface area contributed by atoms with Gasteiger partial charge in [0, 0.05) is 72.1 Å². The smallest absolute Gasteiger partial charge is 0.320 e. The van der Waals surface area contributed by atoms with Crippen molar-refractivity contribution in [2.24, 2.45) is 7.05 Å². The molecule has 0 atom stereocenters. The summed E-state index contributed by atoms with van der Waals surface area (Å²) >= 11 is 0. The van der Waals surface area contributed by atoms with Crippen molar-refractivity contribution in [2.45, 2.75) is 6.54 Å². The molecule has 2 aromatic rings. The molecule has 0 radical (unpaired) electrons. The molecule has 2 aliphatic rings. The van der Waals surface area contributed by atoms with Gasteiger partial charge in [0.15, 0.2) is 0 Å². The summed E-state index contributed by atoms with van der Waals surface area (Å²) in [7, 11) is 1.80. The first-order valence-electron chi connectivity index (χ1n) is 10.2. The van der Waals surface area contributed by atoms with Gasteiger partial charge >= 0.3 is 6.03 Å². The third-order valence-corrected chi connectivity index (χ3v) is 5.68. The van der Waals surface area contributed by atoms with Gasteiger partial charge in [-0.15, -0.1) is 0 Å². The standard InChI is InChI=1S/C21H28N6O2/c1-23-17-19(15-22-23)20(28)25-11-13-27(14-12-25)21(29)26-9-7-24(8-10-26)16-18-5-3-2-4-6-18/h2-6,15,17H,7-14,16H2,1H3. The Bertz CT molecular complexity index is 836. The molecule has 8 nitrogen and oxygen atoms in total. The molecule has 154 valence electrons. The molecular weight excluding hydrogens is 368 g/mol. The van der Waals surface area contributed by atoms with Gasteiger partial charge in [0.2, 0.25) is 0 Å². The molecule has 2 saturated heterocycles. The van der Waals surface area contributed by atoms with Crippen molar-refractivity contribution in [3.8, 4) is 0 Å². The minimum atomic E-state index is -0.0141. The van der Waals surface area contributed by atoms with E-state index in [0.717, 1.165) is 32.7 Å². The van der Waals surface area contributed by atoms with Crippen molar-refractivity contribution in [3.63, 3.8) is 0 Å². The first kappa shape index (κ1) is 19.4. The highest BCUT2D eigenvalue weighted by Gasteiger charge is 2.29. The topological polar surface area (TPSA) is 64.9 Å². The van der Waals surface area contributed by atoms with Crippen LogP contribution in [0, 0.1) is 0 Å². The zero-order chi connectivity index (χ0) is 20.2. The van der Waals surface area contributed by atoms with Crippen LogP contribution in [0.2, 0.25) is 0 Å². The molecule has 0 spiro atoms. The van der Waals surface area contributed by atoms with Crippen LogP contribution in [-0.4, -0.2) is 93.7 Å². The fourth-order valence-electron chi connectivity index (χ4n) is 3.95. The SMILES string of the molecule is Cn1cc(C(=O)N2CCN(C(=O)N3CCN(Cc4ccccc4)CC3)CC2)cn1. The van der Waals surface area contributed by atoms with Crippen molar-refractivity contribution < 1.29 is 9.59 Å². The lowest BCUT2D eigenvalue weighted by Gasteiger charge is -2.40. The average Bonchev–Trinajstić information content (AvgIpc) is 3.20. The predicted molar refractivity (Wildman–Crippen MR) is 109 cm³/mol. The number of urea groups is 1. The van der Waals surface area contributed by atoms with Gasteiger partial charge in [-0.2, -0.15) is 5.10 Å². The molecule has 1 aromatic heterocycles. The van der Waals surface area contributed by atoms with Gasteiger partial charge in [-0.3, -0.25) is 14.4 Å². The van der Waals surface area contributed by atoms with Gasteiger partial charge in [0.25, 0.3) is 5.91 Å². The summed E-state index contributed by atoms with van der Waals surface area (Å²) in [6.45, 7) is 6.49. The highest BCUT2D eigenvalue weighted by atomic mass is 16.2. The van der Waals surface area contributed by atoms with E-state index in [1.165, 1.54) is 5.56 Å². The fraction of sp³-hybridized carbons (Fsp3) is 0.476. The molecule has 1 aromatic carbocycles. The van der Waals surface area contributed by atoms with E-state index in [-0.39, 0.29) is 11.9 Å². The van der Waals surface area contributed by atoms with Crippen molar-refractivity contribution in [2.75, 3.05) is 52.4 Å². The maximum Gasteiger partial charge on any atom is 0.320 e. The van der Waals surface area contributed by atoms with Crippen molar-refractivity contribution in [3.05, 3.63) is 53.9 Å². The summed E-state index contributed by atoms with van der Waals surface area (Å²) in [5.74, 6) is -0.0141. The van der Waals surface area contributed by atoms with Gasteiger partial charge in [-0.25, -0.2) is 4.79 Å². The van der Waals surface area contributed by atoms with Crippen LogP contribution < -0.4 is 0 Å². The third kappa shape index (κ3) is 4.59. The Hall–Kier alpha value is -2.87. The number of hydrogen-bond donors (Lipinski definition) is 0. The van der Waals surface area contributed by atoms with E-state index in [1.807, 2.05) is 15.9 Å². The molecule has 0 saturated carbocycles. The number of nitrogens with zero attached hydrogens (tertiary/aromatic N) is 6. The van der Waals surface area contributed by atoms with Crippen molar-refractivity contribution in [1.29, 1.82) is 0 Å². The van der Waals surface area contributed by atoms with Gasteiger partial charge in [-0.05, 0) is 5.56 Å². The van der Waals surface area contributed by atoms with E-state index in [1.54, 1.807) is 29.0 Å². The van der Waals surface area contributed by atoms with E-state index in [4.69, 9.17) is 0 Å². The summed E-state index contributed by atoms with van der Waals surface area (Å²) < 4.78 is 1.63. The van der Waals surface area contributed by atoms with Crippen LogP contribution in [0.1, 0.15) is 15.9 Å². The molecule has 4 rings (SSSR count). The molecular formula is C21H28N6O2. The average molecular weight is 396 g/mol. The number of benzene rings is 1. The van der Waals surface area contributed by atoms with Gasteiger partial charge in [0.05, 0.1) is 11.8 Å². The largest absolute Gasteiger partial charge is 0.335 e. The Kier molecular flexibility index (Phi) is 5.80. The molecule has 0 bridgehead atoms. The van der Waals surface area contributed by atoms with Crippen molar-refractivity contribution >= 4 is 11.9 Å². The molecule has 29 heavy (non-hydrogen) atoms. The lowest BCUT2D eigenvalue weighted by atomic mass is 10.2. The van der Waals surface area contributed by atoms with E-state index < -0.39 is 0 Å². The Morgan fingerprint density at radius 1 is 0.862 bits per heavy atom. The first-order valence-corrected chi connectivity index (χ1v) is 10.2. The summed E-state index contributed by atoms with van der Waals surface area (Å²) in [6, 6.07) is 10.5. The lowest BCUT2D eigenvalue weighted by molar-refractivity contribution is 0.0609. The maximum absolute atomic E-state index is 12.9. The second kappa shape index (κ2) is 8.65. The molecule has 0 N–H and O–H groups in total. The Balaban J connectivity index is 1.23. The summed E-state index contributed by atoms with van der Waals surface area (Å²) in [5, 5.41) is 4.06. The summed E-state index contributed by atoms with van der Waals surface area (Å²) in [6.07, 6.45) is 3.32. The Labute approximate surface area is 171 Å². The minimum Gasteiger partial charge on any atom is -0.335 e. The number of hydrogen-bond acceptors (Lipinski definition) is 4. The molecule has 3 heterocycles. The summed E-state index contributed by atoms with van der Waals surface area (Å²) in [4.78, 5) is 33.4. The zero-order valence-corrected chi connectivity index (χ0v) is 16.9. The molecule has 3 amide bonds. The van der Waals surface area contributed by atoms with Crippen LogP contribution in [0.5, 0.6) is 0 Å². The van der Waals surface area contributed by atoms with Crippen molar-refractivity contribution in [1.82, 2.24) is 29.4 Å². The maximum atomic E-state index is 12.9. The van der Waals surface area contributed by atoms with Crippen LogP contribution in [0.4, 0.5) is 4.79 Å². The van der Waals surface area contributed by atoms with Gasteiger partial charge in [0.1, 0.15) is 0 Å². The number of aryl methyl sites for hydroxylation is 1. The highest BCUT2D eigenvalue weighted by Crippen LogP contribution is 2.13. The summed E-state index contributed by atoms with van der Waals surface area (Å²) in [5.41, 5.74) is 1.91. The molecule has 8 heteroatoms. The van der Waals surface area contributed by atoms with Crippen LogP contribution in [0.15, 0.2) is 42.7 Å². The zero-order valence-electron chi connectivity index (χ0n) is 16.9. The number of piperazine rings is 2. The van der Waals surface area contributed by atoms with Crippen LogP contribution >= 0.6 is 0 Å². The molecule has 2 aliphatic heterocycles. The lowest BCUT2D eigenvalue weighted by Crippen LogP contribution is -2.57. The number of rotatable bonds is 3. The second-order valence-corrected chi connectivity index (χ2v) is 7.71. The third-order valence-electron chi connectivity index (χ3n) is 5.68. The quantitative estimate of drug-likeness (QED) is 0.780. The number of amides is 3. The monoisotopic (exact) mass is 396 g/mol. The van der Waals surface area contributed by atoms with E-state index in [9.17, 15) is 9.59 Å². The Morgan fingerprint density at radius 2 is 1.45 bits per heavy atom. The molecule has 0 unspecified atom stereocenters. The molecule has 0 aliphatic carbocycles. The van der Waals surface area contributed by atoms with Gasteiger partial charge < -0.3 is 14.7 Å². The van der Waals surface area contributed by atoms with Gasteiger partial charge in [-0.1, -0.05) is 30.3 Å². The molecule has 2 fully saturated rings. The van der Waals surface area contributed by atoms with E-state index in [2.05, 4.69) is 34.3 Å². The number of carbonyl (C=O) groups is 2. The number of aromatic nitrogens is 2. The van der Waals surface area contributed by atoms with Crippen LogP contribution in [-0.2, 0) is 13.6 Å². The van der Waals surface area contributed by atoms with Crippen LogP contribution in [0.3, 0.4) is 0 Å². The fourth-order valence-corrected chi connectivity index (χ4v) is 3.95. The minimum absolute atomic E-state index is 0.0141. The Morgan fingerprint density at radius 3 is 2.03 bits per heavy atom. The van der Waals surface area contributed by atoms with E-state index in [0.29, 0.717) is 31.7 Å². The second-order valence-electron chi connectivity index (χ2n) is 7.71. The predicted octanol–water partition coefficient (Wildman–Crippen LogP) is 1.12. The highest BCUT2D eigenvalue weighted by molar-refractivity contribution is 5.93. The van der Waals surface area contributed by atoms with Crippen LogP contribution in [0.25, 0.3) is 0 Å². The normalized spacial score (nSPS) is 18.2. The van der Waals surface area contributed by atoms with E-state index >= 15 is 0 Å².